The van der Waals surface area contributed by atoms with Crippen LogP contribution in [-0.2, 0) is 12.7 Å². The Balaban J connectivity index is 1.62. The van der Waals surface area contributed by atoms with Gasteiger partial charge in [0.25, 0.3) is 0 Å². The minimum absolute atomic E-state index is 0.0177. The van der Waals surface area contributed by atoms with E-state index in [2.05, 4.69) is 15.0 Å². The molecule has 1 fully saturated rings. The van der Waals surface area contributed by atoms with E-state index in [4.69, 9.17) is 16.1 Å². The Morgan fingerprint density at radius 3 is 2.46 bits per heavy atom. The van der Waals surface area contributed by atoms with Crippen LogP contribution in [0, 0.1) is 6.92 Å². The van der Waals surface area contributed by atoms with Crippen LogP contribution in [0.1, 0.15) is 17.0 Å². The summed E-state index contributed by atoms with van der Waals surface area (Å²) < 4.78 is 43.2. The highest BCUT2D eigenvalue weighted by molar-refractivity contribution is 6.33. The van der Waals surface area contributed by atoms with Crippen LogP contribution in [0.2, 0.25) is 5.02 Å². The molecule has 2 aromatic rings. The molecular weight excluding hydrogens is 345 g/mol. The van der Waals surface area contributed by atoms with E-state index in [1.54, 1.807) is 0 Å². The third-order valence-electron chi connectivity index (χ3n) is 3.88. The number of aryl methyl sites for hydroxylation is 1. The second kappa shape index (κ2) is 6.60. The number of hydrogen-bond donors (Lipinski definition) is 0. The van der Waals surface area contributed by atoms with Crippen LogP contribution in [0.25, 0.3) is 0 Å². The highest BCUT2D eigenvalue weighted by atomic mass is 35.5. The Kier molecular flexibility index (Phi) is 4.69. The monoisotopic (exact) mass is 360 g/mol. The van der Waals surface area contributed by atoms with Crippen molar-refractivity contribution in [3.63, 3.8) is 0 Å². The molecule has 24 heavy (non-hydrogen) atoms. The standard InChI is InChI=1S/C15H16ClF3N4O/c1-10-6-12(24-21-10)9-22-2-4-23(5-3-22)14-13(16)7-11(8-20-14)15(17,18)19/h6-8H,2-5,9H2,1H3. The predicted molar refractivity (Wildman–Crippen MR) is 83.0 cm³/mol. The second-order valence-corrected chi connectivity index (χ2v) is 6.13. The lowest BCUT2D eigenvalue weighted by Gasteiger charge is -2.35. The minimum atomic E-state index is -4.44. The summed E-state index contributed by atoms with van der Waals surface area (Å²) in [4.78, 5) is 7.99. The first-order chi connectivity index (χ1) is 11.3. The van der Waals surface area contributed by atoms with E-state index < -0.39 is 11.7 Å². The zero-order chi connectivity index (χ0) is 17.3. The Morgan fingerprint density at radius 1 is 1.21 bits per heavy atom. The molecule has 1 saturated heterocycles. The number of aromatic nitrogens is 2. The van der Waals surface area contributed by atoms with E-state index in [-0.39, 0.29) is 5.02 Å². The van der Waals surface area contributed by atoms with Crippen molar-refractivity contribution >= 4 is 17.4 Å². The fourth-order valence-corrected chi connectivity index (χ4v) is 2.93. The maximum Gasteiger partial charge on any atom is 0.417 e. The van der Waals surface area contributed by atoms with Crippen molar-refractivity contribution in [2.24, 2.45) is 0 Å². The summed E-state index contributed by atoms with van der Waals surface area (Å²) in [6.07, 6.45) is -3.62. The van der Waals surface area contributed by atoms with Crippen molar-refractivity contribution in [1.29, 1.82) is 0 Å². The summed E-state index contributed by atoms with van der Waals surface area (Å²) in [5, 5.41) is 3.87. The van der Waals surface area contributed by atoms with Crippen molar-refractivity contribution in [2.75, 3.05) is 31.1 Å². The highest BCUT2D eigenvalue weighted by Gasteiger charge is 2.32. The van der Waals surface area contributed by atoms with Crippen molar-refractivity contribution < 1.29 is 17.7 Å². The molecule has 5 nitrogen and oxygen atoms in total. The van der Waals surface area contributed by atoms with Gasteiger partial charge in [-0.2, -0.15) is 13.2 Å². The molecule has 0 amide bonds. The van der Waals surface area contributed by atoms with Crippen LogP contribution in [0.15, 0.2) is 22.9 Å². The second-order valence-electron chi connectivity index (χ2n) is 5.72. The number of nitrogens with zero attached hydrogens (tertiary/aromatic N) is 4. The summed E-state index contributed by atoms with van der Waals surface area (Å²) >= 11 is 6.00. The van der Waals surface area contributed by atoms with E-state index in [0.717, 1.165) is 36.8 Å². The Bertz CT molecular complexity index is 711. The van der Waals surface area contributed by atoms with Gasteiger partial charge in [-0.25, -0.2) is 4.98 Å². The molecule has 130 valence electrons. The lowest BCUT2D eigenvalue weighted by molar-refractivity contribution is -0.137. The Labute approximate surface area is 142 Å². The Hall–Kier alpha value is -1.80. The molecule has 2 aromatic heterocycles. The molecule has 0 N–H and O–H groups in total. The van der Waals surface area contributed by atoms with Gasteiger partial charge in [-0.3, -0.25) is 4.90 Å². The number of pyridine rings is 1. The summed E-state index contributed by atoms with van der Waals surface area (Å²) in [5.41, 5.74) is -0.0000488. The Morgan fingerprint density at radius 2 is 1.92 bits per heavy atom. The summed E-state index contributed by atoms with van der Waals surface area (Å²) in [5.74, 6) is 1.19. The fraction of sp³-hybridized carbons (Fsp3) is 0.467. The predicted octanol–water partition coefficient (Wildman–Crippen LogP) is 3.37. The summed E-state index contributed by atoms with van der Waals surface area (Å²) in [6.45, 7) is 5.25. The average Bonchev–Trinajstić information content (AvgIpc) is 2.92. The highest BCUT2D eigenvalue weighted by Crippen LogP contribution is 2.33. The van der Waals surface area contributed by atoms with Crippen LogP contribution in [-0.4, -0.2) is 41.2 Å². The smallest absolute Gasteiger partial charge is 0.360 e. The van der Waals surface area contributed by atoms with E-state index >= 15 is 0 Å². The number of anilines is 1. The van der Waals surface area contributed by atoms with Crippen LogP contribution < -0.4 is 4.90 Å². The molecule has 0 atom stereocenters. The van der Waals surface area contributed by atoms with Gasteiger partial charge in [-0.15, -0.1) is 0 Å². The molecule has 1 aliphatic heterocycles. The lowest BCUT2D eigenvalue weighted by atomic mass is 10.2. The van der Waals surface area contributed by atoms with E-state index in [1.165, 1.54) is 0 Å². The third kappa shape index (κ3) is 3.81. The molecule has 1 aliphatic rings. The largest absolute Gasteiger partial charge is 0.417 e. The maximum atomic E-state index is 12.7. The molecular formula is C15H16ClF3N4O. The van der Waals surface area contributed by atoms with Gasteiger partial charge in [0.05, 0.1) is 22.8 Å². The molecule has 0 bridgehead atoms. The average molecular weight is 361 g/mol. The van der Waals surface area contributed by atoms with Crippen molar-refractivity contribution in [3.05, 3.63) is 40.4 Å². The summed E-state index contributed by atoms with van der Waals surface area (Å²) in [7, 11) is 0. The first-order valence-electron chi connectivity index (χ1n) is 7.45. The summed E-state index contributed by atoms with van der Waals surface area (Å²) in [6, 6.07) is 2.81. The zero-order valence-electron chi connectivity index (χ0n) is 13.0. The van der Waals surface area contributed by atoms with Crippen molar-refractivity contribution in [2.45, 2.75) is 19.6 Å². The van der Waals surface area contributed by atoms with Gasteiger partial charge < -0.3 is 9.42 Å². The molecule has 0 spiro atoms. The molecule has 0 unspecified atom stereocenters. The van der Waals surface area contributed by atoms with Gasteiger partial charge in [0, 0.05) is 38.4 Å². The van der Waals surface area contributed by atoms with Crippen molar-refractivity contribution in [1.82, 2.24) is 15.0 Å². The minimum Gasteiger partial charge on any atom is -0.360 e. The topological polar surface area (TPSA) is 45.4 Å². The number of halogens is 4. The maximum absolute atomic E-state index is 12.7. The molecule has 0 aliphatic carbocycles. The SMILES string of the molecule is Cc1cc(CN2CCN(c3ncc(C(F)(F)F)cc3Cl)CC2)on1. The van der Waals surface area contributed by atoms with Crippen LogP contribution >= 0.6 is 11.6 Å². The lowest BCUT2D eigenvalue weighted by Crippen LogP contribution is -2.46. The number of piperazine rings is 1. The van der Waals surface area contributed by atoms with Gasteiger partial charge >= 0.3 is 6.18 Å². The van der Waals surface area contributed by atoms with Gasteiger partial charge in [0.15, 0.2) is 5.76 Å². The van der Waals surface area contributed by atoms with Crippen LogP contribution in [0.5, 0.6) is 0 Å². The zero-order valence-corrected chi connectivity index (χ0v) is 13.7. The van der Waals surface area contributed by atoms with Gasteiger partial charge in [0.2, 0.25) is 0 Å². The van der Waals surface area contributed by atoms with Crippen LogP contribution in [0.4, 0.5) is 19.0 Å². The van der Waals surface area contributed by atoms with E-state index in [9.17, 15) is 13.2 Å². The molecule has 9 heteroatoms. The van der Waals surface area contributed by atoms with Gasteiger partial charge in [0.1, 0.15) is 5.82 Å². The first-order valence-corrected chi connectivity index (χ1v) is 7.83. The van der Waals surface area contributed by atoms with Crippen molar-refractivity contribution in [3.8, 4) is 0 Å². The fourth-order valence-electron chi connectivity index (χ4n) is 2.65. The molecule has 0 aromatic carbocycles. The molecule has 0 saturated carbocycles. The van der Waals surface area contributed by atoms with Crippen LogP contribution in [0.3, 0.4) is 0 Å². The normalized spacial score (nSPS) is 16.6. The number of rotatable bonds is 3. The van der Waals surface area contributed by atoms with E-state index in [1.807, 2.05) is 17.9 Å². The molecule has 3 heterocycles. The first kappa shape index (κ1) is 17.0. The quantitative estimate of drug-likeness (QED) is 0.839. The molecule has 3 rings (SSSR count). The third-order valence-corrected chi connectivity index (χ3v) is 4.16. The number of alkyl halides is 3. The van der Waals surface area contributed by atoms with E-state index in [0.29, 0.717) is 25.5 Å². The molecule has 0 radical (unpaired) electrons. The van der Waals surface area contributed by atoms with Gasteiger partial charge in [-0.05, 0) is 13.0 Å². The van der Waals surface area contributed by atoms with Gasteiger partial charge in [-0.1, -0.05) is 16.8 Å². The number of hydrogen-bond acceptors (Lipinski definition) is 5.